The number of carbonyl (C=O) groups excluding carboxylic acids is 1. The van der Waals surface area contributed by atoms with Crippen LogP contribution in [0.25, 0.3) is 0 Å². The SMILES string of the molecule is CCn1cc[n+](CC(=O)c2ccccc2)c1.[Cl-]. The van der Waals surface area contributed by atoms with E-state index in [2.05, 4.69) is 6.92 Å². The molecule has 2 rings (SSSR count). The summed E-state index contributed by atoms with van der Waals surface area (Å²) in [7, 11) is 0. The van der Waals surface area contributed by atoms with E-state index in [1.165, 1.54) is 0 Å². The lowest BCUT2D eigenvalue weighted by atomic mass is 10.1. The Kier molecular flexibility index (Phi) is 4.91. The van der Waals surface area contributed by atoms with E-state index in [-0.39, 0.29) is 18.2 Å². The van der Waals surface area contributed by atoms with Crippen LogP contribution in [-0.2, 0) is 13.1 Å². The van der Waals surface area contributed by atoms with Gasteiger partial charge in [-0.1, -0.05) is 30.3 Å². The summed E-state index contributed by atoms with van der Waals surface area (Å²) in [5.74, 6) is 0.138. The molecule has 2 aromatic rings. The molecule has 0 saturated carbocycles. The number of benzene rings is 1. The molecule has 0 N–H and O–H groups in total. The maximum absolute atomic E-state index is 11.9. The van der Waals surface area contributed by atoms with Crippen LogP contribution < -0.4 is 17.0 Å². The van der Waals surface area contributed by atoms with Crippen LogP contribution in [0.3, 0.4) is 0 Å². The Morgan fingerprint density at radius 2 is 2.00 bits per heavy atom. The number of aryl methyl sites for hydroxylation is 1. The summed E-state index contributed by atoms with van der Waals surface area (Å²) in [6.07, 6.45) is 5.84. The minimum Gasteiger partial charge on any atom is -1.00 e. The Balaban J connectivity index is 0.00000144. The molecule has 3 nitrogen and oxygen atoms in total. The number of halogens is 1. The van der Waals surface area contributed by atoms with Crippen LogP contribution in [0.15, 0.2) is 49.1 Å². The second-order valence-electron chi connectivity index (χ2n) is 3.71. The summed E-state index contributed by atoms with van der Waals surface area (Å²) in [5, 5.41) is 0. The molecule has 0 saturated heterocycles. The minimum atomic E-state index is 0. The fraction of sp³-hybridized carbons (Fsp3) is 0.231. The highest BCUT2D eigenvalue weighted by Gasteiger charge is 2.10. The van der Waals surface area contributed by atoms with Gasteiger partial charge in [0.05, 0.1) is 6.54 Å². The number of nitrogens with zero attached hydrogens (tertiary/aromatic N) is 2. The molecule has 0 atom stereocenters. The van der Waals surface area contributed by atoms with Crippen molar-refractivity contribution < 1.29 is 21.8 Å². The first kappa shape index (κ1) is 13.5. The smallest absolute Gasteiger partial charge is 0.244 e. The summed E-state index contributed by atoms with van der Waals surface area (Å²) in [6.45, 7) is 3.40. The molecular weight excluding hydrogens is 236 g/mol. The van der Waals surface area contributed by atoms with Crippen molar-refractivity contribution in [3.63, 3.8) is 0 Å². The van der Waals surface area contributed by atoms with Crippen molar-refractivity contribution in [2.45, 2.75) is 20.0 Å². The number of hydrogen-bond acceptors (Lipinski definition) is 1. The third kappa shape index (κ3) is 3.43. The summed E-state index contributed by atoms with van der Waals surface area (Å²) < 4.78 is 3.94. The van der Waals surface area contributed by atoms with E-state index in [0.717, 1.165) is 12.1 Å². The van der Waals surface area contributed by atoms with E-state index in [0.29, 0.717) is 6.54 Å². The number of rotatable bonds is 4. The summed E-state index contributed by atoms with van der Waals surface area (Å²) in [6, 6.07) is 9.38. The first-order valence-corrected chi connectivity index (χ1v) is 5.42. The van der Waals surface area contributed by atoms with Crippen LogP contribution in [0.5, 0.6) is 0 Å². The van der Waals surface area contributed by atoms with E-state index < -0.39 is 0 Å². The van der Waals surface area contributed by atoms with Crippen molar-refractivity contribution in [1.82, 2.24) is 4.57 Å². The summed E-state index contributed by atoms with van der Waals surface area (Å²) in [5.41, 5.74) is 0.763. The molecule has 1 aromatic heterocycles. The van der Waals surface area contributed by atoms with Gasteiger partial charge in [-0.3, -0.25) is 4.79 Å². The Labute approximate surface area is 107 Å². The van der Waals surface area contributed by atoms with Gasteiger partial charge in [0.2, 0.25) is 12.1 Å². The largest absolute Gasteiger partial charge is 1.00 e. The van der Waals surface area contributed by atoms with Gasteiger partial charge in [0.25, 0.3) is 0 Å². The Morgan fingerprint density at radius 3 is 2.59 bits per heavy atom. The molecular formula is C13H15ClN2O. The number of ketones is 1. The lowest BCUT2D eigenvalue weighted by Gasteiger charge is -1.97. The maximum atomic E-state index is 11.9. The molecule has 0 aliphatic rings. The van der Waals surface area contributed by atoms with E-state index >= 15 is 0 Å². The first-order valence-electron chi connectivity index (χ1n) is 5.42. The second kappa shape index (κ2) is 6.21. The lowest BCUT2D eigenvalue weighted by Crippen LogP contribution is -3.00. The van der Waals surface area contributed by atoms with Crippen LogP contribution in [0.4, 0.5) is 0 Å². The van der Waals surface area contributed by atoms with Gasteiger partial charge in [0, 0.05) is 5.56 Å². The van der Waals surface area contributed by atoms with E-state index in [4.69, 9.17) is 0 Å². The van der Waals surface area contributed by atoms with Crippen LogP contribution in [0, 0.1) is 0 Å². The Morgan fingerprint density at radius 1 is 1.29 bits per heavy atom. The van der Waals surface area contributed by atoms with Crippen molar-refractivity contribution >= 4 is 5.78 Å². The van der Waals surface area contributed by atoms with Crippen molar-refractivity contribution in [2.75, 3.05) is 0 Å². The number of Topliss-reactive ketones (excluding diaryl/α,β-unsaturated/α-hetero) is 1. The number of hydrogen-bond donors (Lipinski definition) is 0. The van der Waals surface area contributed by atoms with Crippen molar-refractivity contribution in [3.8, 4) is 0 Å². The predicted molar refractivity (Wildman–Crippen MR) is 61.1 cm³/mol. The number of aromatic nitrogens is 2. The third-order valence-electron chi connectivity index (χ3n) is 2.53. The fourth-order valence-electron chi connectivity index (χ4n) is 1.60. The molecule has 0 fully saturated rings. The van der Waals surface area contributed by atoms with Crippen LogP contribution in [0.1, 0.15) is 17.3 Å². The van der Waals surface area contributed by atoms with E-state index in [9.17, 15) is 4.79 Å². The highest BCUT2D eigenvalue weighted by atomic mass is 35.5. The fourth-order valence-corrected chi connectivity index (χ4v) is 1.60. The maximum Gasteiger partial charge on any atom is 0.244 e. The summed E-state index contributed by atoms with van der Waals surface area (Å²) in [4.78, 5) is 11.9. The zero-order valence-electron chi connectivity index (χ0n) is 9.71. The second-order valence-corrected chi connectivity index (χ2v) is 3.71. The van der Waals surface area contributed by atoms with Gasteiger partial charge in [-0.25, -0.2) is 9.13 Å². The zero-order chi connectivity index (χ0) is 11.4. The Bertz CT molecular complexity index is 479. The highest BCUT2D eigenvalue weighted by Crippen LogP contribution is 1.99. The standard InChI is InChI=1S/C13H15N2O.ClH/c1-2-14-8-9-15(11-14)10-13(16)12-6-4-3-5-7-12;/h3-9,11H,2,10H2,1H3;1H/q+1;/p-1. The van der Waals surface area contributed by atoms with Crippen LogP contribution in [0.2, 0.25) is 0 Å². The molecule has 0 aliphatic heterocycles. The van der Waals surface area contributed by atoms with Crippen LogP contribution in [-0.4, -0.2) is 10.4 Å². The van der Waals surface area contributed by atoms with Gasteiger partial charge in [0.1, 0.15) is 12.4 Å². The molecule has 4 heteroatoms. The van der Waals surface area contributed by atoms with Gasteiger partial charge in [-0.15, -0.1) is 0 Å². The minimum absolute atomic E-state index is 0. The summed E-state index contributed by atoms with van der Waals surface area (Å²) >= 11 is 0. The van der Waals surface area contributed by atoms with Crippen molar-refractivity contribution in [3.05, 3.63) is 54.6 Å². The van der Waals surface area contributed by atoms with E-state index in [1.807, 2.05) is 58.2 Å². The van der Waals surface area contributed by atoms with Gasteiger partial charge < -0.3 is 12.4 Å². The van der Waals surface area contributed by atoms with Gasteiger partial charge >= 0.3 is 0 Å². The average Bonchev–Trinajstić information content (AvgIpc) is 2.78. The number of imidazole rings is 1. The van der Waals surface area contributed by atoms with Gasteiger partial charge in [-0.2, -0.15) is 0 Å². The molecule has 1 aromatic carbocycles. The normalized spacial score (nSPS) is 9.71. The topological polar surface area (TPSA) is 25.9 Å². The first-order chi connectivity index (χ1) is 7.79. The molecule has 0 aliphatic carbocycles. The highest BCUT2D eigenvalue weighted by molar-refractivity contribution is 5.94. The average molecular weight is 251 g/mol. The molecule has 90 valence electrons. The molecule has 0 spiro atoms. The molecule has 0 radical (unpaired) electrons. The third-order valence-corrected chi connectivity index (χ3v) is 2.53. The molecule has 17 heavy (non-hydrogen) atoms. The quantitative estimate of drug-likeness (QED) is 0.489. The van der Waals surface area contributed by atoms with Gasteiger partial charge in [0.15, 0.2) is 6.54 Å². The zero-order valence-corrected chi connectivity index (χ0v) is 10.5. The van der Waals surface area contributed by atoms with Crippen molar-refractivity contribution in [1.29, 1.82) is 0 Å². The Hall–Kier alpha value is -1.61. The molecule has 1 heterocycles. The van der Waals surface area contributed by atoms with E-state index in [1.54, 1.807) is 0 Å². The monoisotopic (exact) mass is 250 g/mol. The van der Waals surface area contributed by atoms with Crippen LogP contribution >= 0.6 is 0 Å². The van der Waals surface area contributed by atoms with Gasteiger partial charge in [-0.05, 0) is 6.92 Å². The van der Waals surface area contributed by atoms with Crippen molar-refractivity contribution in [2.24, 2.45) is 0 Å². The number of carbonyl (C=O) groups is 1. The molecule has 0 unspecified atom stereocenters. The molecule has 0 amide bonds. The lowest BCUT2D eigenvalue weighted by molar-refractivity contribution is -0.682. The predicted octanol–water partition coefficient (Wildman–Crippen LogP) is -1.32. The molecule has 0 bridgehead atoms.